The summed E-state index contributed by atoms with van der Waals surface area (Å²) in [6, 6.07) is 7.43. The van der Waals surface area contributed by atoms with Crippen LogP contribution in [0.2, 0.25) is 5.02 Å². The van der Waals surface area contributed by atoms with Crippen LogP contribution in [-0.4, -0.2) is 30.9 Å². The number of benzene rings is 1. The minimum Gasteiger partial charge on any atom is -0.272 e. The fourth-order valence-corrected chi connectivity index (χ4v) is 2.71. The first kappa shape index (κ1) is 15.6. The van der Waals surface area contributed by atoms with E-state index >= 15 is 0 Å². The van der Waals surface area contributed by atoms with Crippen LogP contribution in [0.3, 0.4) is 0 Å². The molecule has 0 aliphatic rings. The van der Waals surface area contributed by atoms with E-state index in [0.29, 0.717) is 15.6 Å². The minimum absolute atomic E-state index is 0.398. The van der Waals surface area contributed by atoms with Crippen LogP contribution in [0.1, 0.15) is 17.0 Å². The molecule has 2 heterocycles. The summed E-state index contributed by atoms with van der Waals surface area (Å²) in [4.78, 5) is 0. The summed E-state index contributed by atoms with van der Waals surface area (Å²) in [5.74, 6) is 0.566. The maximum absolute atomic E-state index is 6.24. The van der Waals surface area contributed by atoms with Crippen LogP contribution < -0.4 is 0 Å². The van der Waals surface area contributed by atoms with Gasteiger partial charge in [-0.3, -0.25) is 4.68 Å². The standard InChI is InChI=1S/C15H15ClN6S/c1-9-12(10(2)21(3)20-9)8-17-22-14(18-19-15(22)23)11-6-4-5-7-13(11)16/h4-8H,1-3H3,(H,19,23). The zero-order valence-electron chi connectivity index (χ0n) is 12.9. The first-order chi connectivity index (χ1) is 11.0. The summed E-state index contributed by atoms with van der Waals surface area (Å²) in [6.45, 7) is 3.93. The van der Waals surface area contributed by atoms with Gasteiger partial charge in [0.2, 0.25) is 4.77 Å². The van der Waals surface area contributed by atoms with Crippen molar-refractivity contribution in [3.8, 4) is 11.4 Å². The lowest BCUT2D eigenvalue weighted by molar-refractivity contribution is 0.731. The van der Waals surface area contributed by atoms with Gasteiger partial charge in [-0.25, -0.2) is 5.10 Å². The smallest absolute Gasteiger partial charge is 0.216 e. The lowest BCUT2D eigenvalue weighted by Gasteiger charge is -2.03. The quantitative estimate of drug-likeness (QED) is 0.583. The molecule has 0 aliphatic carbocycles. The molecule has 8 heteroatoms. The van der Waals surface area contributed by atoms with Crippen molar-refractivity contribution in [2.75, 3.05) is 0 Å². The highest BCUT2D eigenvalue weighted by Crippen LogP contribution is 2.26. The van der Waals surface area contributed by atoms with E-state index in [1.54, 1.807) is 17.0 Å². The molecule has 1 N–H and O–H groups in total. The van der Waals surface area contributed by atoms with Crippen molar-refractivity contribution >= 4 is 30.0 Å². The Hall–Kier alpha value is -2.25. The van der Waals surface area contributed by atoms with Crippen LogP contribution in [-0.2, 0) is 7.05 Å². The number of rotatable bonds is 3. The summed E-state index contributed by atoms with van der Waals surface area (Å²) in [5, 5.41) is 16.4. The highest BCUT2D eigenvalue weighted by atomic mass is 35.5. The van der Waals surface area contributed by atoms with Gasteiger partial charge in [0.15, 0.2) is 5.82 Å². The molecule has 0 saturated carbocycles. The van der Waals surface area contributed by atoms with Gasteiger partial charge in [-0.2, -0.15) is 20.0 Å². The monoisotopic (exact) mass is 346 g/mol. The maximum atomic E-state index is 6.24. The molecule has 2 aromatic heterocycles. The van der Waals surface area contributed by atoms with Crippen molar-refractivity contribution in [3.63, 3.8) is 0 Å². The van der Waals surface area contributed by atoms with E-state index in [4.69, 9.17) is 23.8 Å². The van der Waals surface area contributed by atoms with Crippen molar-refractivity contribution in [2.45, 2.75) is 13.8 Å². The van der Waals surface area contributed by atoms with Gasteiger partial charge in [0.1, 0.15) is 0 Å². The van der Waals surface area contributed by atoms with Gasteiger partial charge in [0.25, 0.3) is 0 Å². The Morgan fingerprint density at radius 2 is 2.04 bits per heavy atom. The first-order valence-electron chi connectivity index (χ1n) is 6.96. The molecule has 0 atom stereocenters. The number of hydrogen-bond acceptors (Lipinski definition) is 4. The van der Waals surface area contributed by atoms with Crippen molar-refractivity contribution < 1.29 is 0 Å². The number of nitrogens with one attached hydrogen (secondary N) is 1. The molecule has 0 spiro atoms. The van der Waals surface area contributed by atoms with Crippen molar-refractivity contribution in [1.29, 1.82) is 0 Å². The zero-order valence-corrected chi connectivity index (χ0v) is 14.5. The van der Waals surface area contributed by atoms with E-state index < -0.39 is 0 Å². The Balaban J connectivity index is 2.08. The molecule has 118 valence electrons. The third kappa shape index (κ3) is 2.85. The van der Waals surface area contributed by atoms with E-state index in [9.17, 15) is 0 Å². The molecule has 0 amide bonds. The van der Waals surface area contributed by atoms with E-state index in [0.717, 1.165) is 22.5 Å². The number of hydrogen-bond donors (Lipinski definition) is 1. The van der Waals surface area contributed by atoms with Crippen LogP contribution in [0.5, 0.6) is 0 Å². The normalized spacial score (nSPS) is 11.5. The number of H-pyrrole nitrogens is 1. The molecule has 23 heavy (non-hydrogen) atoms. The molecule has 0 saturated heterocycles. The molecule has 3 rings (SSSR count). The summed E-state index contributed by atoms with van der Waals surface area (Å²) >= 11 is 11.5. The number of halogens is 1. The Morgan fingerprint density at radius 3 is 2.70 bits per heavy atom. The molecule has 0 bridgehead atoms. The first-order valence-corrected chi connectivity index (χ1v) is 7.74. The van der Waals surface area contributed by atoms with E-state index in [2.05, 4.69) is 20.4 Å². The molecule has 1 aromatic carbocycles. The van der Waals surface area contributed by atoms with Crippen LogP contribution in [0.15, 0.2) is 29.4 Å². The van der Waals surface area contributed by atoms with E-state index in [1.807, 2.05) is 43.8 Å². The third-order valence-corrected chi connectivity index (χ3v) is 4.23. The van der Waals surface area contributed by atoms with Gasteiger partial charge in [-0.1, -0.05) is 23.7 Å². The summed E-state index contributed by atoms with van der Waals surface area (Å²) in [5.41, 5.74) is 3.66. The van der Waals surface area contributed by atoms with E-state index in [1.165, 1.54) is 0 Å². The number of aryl methyl sites for hydroxylation is 2. The average molecular weight is 347 g/mol. The van der Waals surface area contributed by atoms with Crippen molar-refractivity contribution in [3.05, 3.63) is 51.0 Å². The molecule has 6 nitrogen and oxygen atoms in total. The zero-order chi connectivity index (χ0) is 16.6. The fraction of sp³-hybridized carbons (Fsp3) is 0.200. The number of aromatic nitrogens is 5. The Labute approximate surface area is 143 Å². The highest BCUT2D eigenvalue weighted by molar-refractivity contribution is 7.71. The Kier molecular flexibility index (Phi) is 4.14. The van der Waals surface area contributed by atoms with Gasteiger partial charge < -0.3 is 0 Å². The largest absolute Gasteiger partial charge is 0.272 e. The van der Waals surface area contributed by atoms with Gasteiger partial charge in [-0.05, 0) is 38.2 Å². The summed E-state index contributed by atoms with van der Waals surface area (Å²) in [7, 11) is 1.90. The predicted octanol–water partition coefficient (Wildman–Crippen LogP) is 3.49. The third-order valence-electron chi connectivity index (χ3n) is 3.63. The van der Waals surface area contributed by atoms with Crippen LogP contribution in [0, 0.1) is 18.6 Å². The lowest BCUT2D eigenvalue weighted by atomic mass is 10.2. The number of aromatic amines is 1. The highest BCUT2D eigenvalue weighted by Gasteiger charge is 2.12. The van der Waals surface area contributed by atoms with Gasteiger partial charge >= 0.3 is 0 Å². The predicted molar refractivity (Wildman–Crippen MR) is 93.5 cm³/mol. The lowest BCUT2D eigenvalue weighted by Crippen LogP contribution is -1.97. The van der Waals surface area contributed by atoms with Crippen LogP contribution in [0.25, 0.3) is 11.4 Å². The SMILES string of the molecule is Cc1nn(C)c(C)c1C=Nn1c(-c2ccccc2Cl)n[nH]c1=S. The second-order valence-corrected chi connectivity index (χ2v) is 5.89. The summed E-state index contributed by atoms with van der Waals surface area (Å²) in [6.07, 6.45) is 1.74. The molecule has 0 radical (unpaired) electrons. The molecule has 0 aliphatic heterocycles. The minimum atomic E-state index is 0.398. The fourth-order valence-electron chi connectivity index (χ4n) is 2.31. The number of nitrogens with zero attached hydrogens (tertiary/aromatic N) is 5. The Bertz CT molecular complexity index is 949. The molecule has 3 aromatic rings. The average Bonchev–Trinajstić information content (AvgIpc) is 2.99. The topological polar surface area (TPSA) is 63.8 Å². The van der Waals surface area contributed by atoms with Crippen molar-refractivity contribution in [2.24, 2.45) is 12.1 Å². The second-order valence-electron chi connectivity index (χ2n) is 5.10. The van der Waals surface area contributed by atoms with Gasteiger partial charge in [-0.15, -0.1) is 0 Å². The Morgan fingerprint density at radius 1 is 1.30 bits per heavy atom. The van der Waals surface area contributed by atoms with Crippen LogP contribution >= 0.6 is 23.8 Å². The van der Waals surface area contributed by atoms with Gasteiger partial charge in [0, 0.05) is 23.9 Å². The molecule has 0 unspecified atom stereocenters. The second kappa shape index (κ2) is 6.10. The van der Waals surface area contributed by atoms with Gasteiger partial charge in [0.05, 0.1) is 16.9 Å². The van der Waals surface area contributed by atoms with E-state index in [-0.39, 0.29) is 0 Å². The van der Waals surface area contributed by atoms with Crippen molar-refractivity contribution in [1.82, 2.24) is 24.7 Å². The summed E-state index contributed by atoms with van der Waals surface area (Å²) < 4.78 is 3.78. The molecular formula is C15H15ClN6S. The van der Waals surface area contributed by atoms with Crippen LogP contribution in [0.4, 0.5) is 0 Å². The maximum Gasteiger partial charge on any atom is 0.216 e. The molecular weight excluding hydrogens is 332 g/mol. The molecule has 0 fully saturated rings.